The highest BCUT2D eigenvalue weighted by molar-refractivity contribution is 5.92. The zero-order valence-corrected chi connectivity index (χ0v) is 7.40. The molecule has 0 aliphatic carbocycles. The zero-order valence-electron chi connectivity index (χ0n) is 7.40. The first kappa shape index (κ1) is 9.67. The Hall–Kier alpha value is -1.42. The van der Waals surface area contributed by atoms with Gasteiger partial charge in [0.25, 0.3) is 5.91 Å². The van der Waals surface area contributed by atoms with Crippen molar-refractivity contribution in [3.8, 4) is 0 Å². The molecule has 0 saturated carbocycles. The molecule has 1 amide bonds. The van der Waals surface area contributed by atoms with Gasteiger partial charge in [0, 0.05) is 12.2 Å². The van der Waals surface area contributed by atoms with Gasteiger partial charge in [0.2, 0.25) is 0 Å². The molecule has 1 aromatic rings. The third-order valence-corrected chi connectivity index (χ3v) is 1.55. The summed E-state index contributed by atoms with van der Waals surface area (Å²) in [6, 6.07) is 4.87. The lowest BCUT2D eigenvalue weighted by atomic mass is 10.3. The molecule has 0 bridgehead atoms. The van der Waals surface area contributed by atoms with Crippen molar-refractivity contribution in [3.05, 3.63) is 30.1 Å². The predicted octanol–water partition coefficient (Wildman–Crippen LogP) is 0.192. The molecule has 0 aliphatic heterocycles. The molecule has 4 heteroatoms. The highest BCUT2D eigenvalue weighted by Gasteiger charge is 2.08. The number of carbonyl (C=O) groups excluding carboxylic acids is 1. The van der Waals surface area contributed by atoms with Gasteiger partial charge in [-0.1, -0.05) is 6.07 Å². The second-order valence-electron chi connectivity index (χ2n) is 2.77. The first-order chi connectivity index (χ1) is 6.24. The number of aliphatic hydroxyl groups is 1. The third-order valence-electron chi connectivity index (χ3n) is 1.55. The molecular formula is C9H12N2O2. The Morgan fingerprint density at radius 2 is 2.46 bits per heavy atom. The van der Waals surface area contributed by atoms with Crippen molar-refractivity contribution in [2.75, 3.05) is 6.61 Å². The molecule has 2 N–H and O–H groups in total. The number of amides is 1. The van der Waals surface area contributed by atoms with Crippen molar-refractivity contribution >= 4 is 5.91 Å². The molecule has 70 valence electrons. The first-order valence-electron chi connectivity index (χ1n) is 4.07. The number of aromatic nitrogens is 1. The lowest BCUT2D eigenvalue weighted by molar-refractivity contribution is 0.0917. The second-order valence-corrected chi connectivity index (χ2v) is 2.77. The quantitative estimate of drug-likeness (QED) is 0.698. The minimum absolute atomic E-state index is 0.0709. The van der Waals surface area contributed by atoms with Crippen molar-refractivity contribution in [2.45, 2.75) is 13.0 Å². The summed E-state index contributed by atoms with van der Waals surface area (Å²) in [6.07, 6.45) is 1.55. The number of pyridine rings is 1. The van der Waals surface area contributed by atoms with E-state index >= 15 is 0 Å². The maximum absolute atomic E-state index is 11.3. The van der Waals surface area contributed by atoms with E-state index in [4.69, 9.17) is 5.11 Å². The average molecular weight is 180 g/mol. The smallest absolute Gasteiger partial charge is 0.270 e. The summed E-state index contributed by atoms with van der Waals surface area (Å²) >= 11 is 0. The summed E-state index contributed by atoms with van der Waals surface area (Å²) in [5.41, 5.74) is 0.364. The molecule has 13 heavy (non-hydrogen) atoms. The van der Waals surface area contributed by atoms with Gasteiger partial charge in [-0.3, -0.25) is 9.78 Å². The fraction of sp³-hybridized carbons (Fsp3) is 0.333. The lowest BCUT2D eigenvalue weighted by Gasteiger charge is -2.09. The van der Waals surface area contributed by atoms with Gasteiger partial charge in [-0.2, -0.15) is 0 Å². The van der Waals surface area contributed by atoms with E-state index in [0.29, 0.717) is 5.69 Å². The molecule has 0 aromatic carbocycles. The van der Waals surface area contributed by atoms with Gasteiger partial charge in [0.1, 0.15) is 5.69 Å². The van der Waals surface area contributed by atoms with Crippen LogP contribution < -0.4 is 5.32 Å². The Labute approximate surface area is 76.6 Å². The molecule has 1 heterocycles. The van der Waals surface area contributed by atoms with Crippen LogP contribution in [0.1, 0.15) is 17.4 Å². The third kappa shape index (κ3) is 2.83. The van der Waals surface area contributed by atoms with Crippen molar-refractivity contribution in [3.63, 3.8) is 0 Å². The number of rotatable bonds is 3. The minimum Gasteiger partial charge on any atom is -0.394 e. The Bertz CT molecular complexity index is 274. The summed E-state index contributed by atoms with van der Waals surface area (Å²) < 4.78 is 0. The van der Waals surface area contributed by atoms with Gasteiger partial charge >= 0.3 is 0 Å². The maximum atomic E-state index is 11.3. The number of carbonyl (C=O) groups is 1. The van der Waals surface area contributed by atoms with Gasteiger partial charge < -0.3 is 10.4 Å². The van der Waals surface area contributed by atoms with Crippen LogP contribution in [-0.4, -0.2) is 28.6 Å². The summed E-state index contributed by atoms with van der Waals surface area (Å²) in [7, 11) is 0. The van der Waals surface area contributed by atoms with Gasteiger partial charge in [-0.15, -0.1) is 0 Å². The number of aliphatic hydroxyl groups excluding tert-OH is 1. The van der Waals surface area contributed by atoms with Crippen LogP contribution >= 0.6 is 0 Å². The molecule has 0 radical (unpaired) electrons. The van der Waals surface area contributed by atoms with E-state index in [1.165, 1.54) is 0 Å². The summed E-state index contributed by atoms with van der Waals surface area (Å²) in [5, 5.41) is 11.3. The largest absolute Gasteiger partial charge is 0.394 e. The average Bonchev–Trinajstić information content (AvgIpc) is 2.19. The monoisotopic (exact) mass is 180 g/mol. The highest BCUT2D eigenvalue weighted by Crippen LogP contribution is 1.93. The SMILES string of the molecule is C[C@H](CO)NC(=O)c1ccccn1. The second kappa shape index (κ2) is 4.57. The standard InChI is InChI=1S/C9H12N2O2/c1-7(6-12)11-9(13)8-4-2-3-5-10-8/h2-5,7,12H,6H2,1H3,(H,11,13)/t7-/m1/s1. The molecule has 4 nitrogen and oxygen atoms in total. The van der Waals surface area contributed by atoms with Gasteiger partial charge in [-0.25, -0.2) is 0 Å². The van der Waals surface area contributed by atoms with Crippen LogP contribution in [0.4, 0.5) is 0 Å². The highest BCUT2D eigenvalue weighted by atomic mass is 16.3. The lowest BCUT2D eigenvalue weighted by Crippen LogP contribution is -2.35. The van der Waals surface area contributed by atoms with Crippen molar-refractivity contribution < 1.29 is 9.90 Å². The first-order valence-corrected chi connectivity index (χ1v) is 4.07. The van der Waals surface area contributed by atoms with Crippen LogP contribution in [0, 0.1) is 0 Å². The van der Waals surface area contributed by atoms with Crippen LogP contribution in [0.5, 0.6) is 0 Å². The van der Waals surface area contributed by atoms with Crippen molar-refractivity contribution in [1.29, 1.82) is 0 Å². The van der Waals surface area contributed by atoms with Crippen molar-refractivity contribution in [1.82, 2.24) is 10.3 Å². The Morgan fingerprint density at radius 1 is 1.69 bits per heavy atom. The Kier molecular flexibility index (Phi) is 3.40. The molecule has 0 spiro atoms. The van der Waals surface area contributed by atoms with Crippen LogP contribution in [0.2, 0.25) is 0 Å². The fourth-order valence-corrected chi connectivity index (χ4v) is 0.840. The number of hydrogen-bond donors (Lipinski definition) is 2. The van der Waals surface area contributed by atoms with E-state index in [9.17, 15) is 4.79 Å². The van der Waals surface area contributed by atoms with E-state index in [0.717, 1.165) is 0 Å². The molecule has 0 fully saturated rings. The molecule has 1 aromatic heterocycles. The summed E-state index contributed by atoms with van der Waals surface area (Å²) in [6.45, 7) is 1.65. The molecular weight excluding hydrogens is 168 g/mol. The van der Waals surface area contributed by atoms with E-state index < -0.39 is 0 Å². The maximum Gasteiger partial charge on any atom is 0.270 e. The van der Waals surface area contributed by atoms with Gasteiger partial charge in [0.05, 0.1) is 6.61 Å². The fourth-order valence-electron chi connectivity index (χ4n) is 0.840. The summed E-state index contributed by atoms with van der Waals surface area (Å²) in [4.78, 5) is 15.2. The topological polar surface area (TPSA) is 62.2 Å². The molecule has 0 unspecified atom stereocenters. The van der Waals surface area contributed by atoms with Crippen LogP contribution in [0.3, 0.4) is 0 Å². The number of hydrogen-bond acceptors (Lipinski definition) is 3. The van der Waals surface area contributed by atoms with Crippen molar-refractivity contribution in [2.24, 2.45) is 0 Å². The molecule has 1 atom stereocenters. The zero-order chi connectivity index (χ0) is 9.68. The number of nitrogens with zero attached hydrogens (tertiary/aromatic N) is 1. The minimum atomic E-state index is -0.262. The Balaban J connectivity index is 2.59. The van der Waals surface area contributed by atoms with Crippen LogP contribution in [0.15, 0.2) is 24.4 Å². The van der Waals surface area contributed by atoms with E-state index in [1.54, 1.807) is 31.3 Å². The molecule has 0 aliphatic rings. The predicted molar refractivity (Wildman–Crippen MR) is 48.3 cm³/mol. The van der Waals surface area contributed by atoms with E-state index in [2.05, 4.69) is 10.3 Å². The Morgan fingerprint density at radius 3 is 3.00 bits per heavy atom. The summed E-state index contributed by atoms with van der Waals surface area (Å²) in [5.74, 6) is -0.262. The molecule has 1 rings (SSSR count). The van der Waals surface area contributed by atoms with Gasteiger partial charge in [-0.05, 0) is 19.1 Å². The van der Waals surface area contributed by atoms with Gasteiger partial charge in [0.15, 0.2) is 0 Å². The normalized spacial score (nSPS) is 12.2. The number of nitrogens with one attached hydrogen (secondary N) is 1. The van der Waals surface area contributed by atoms with Crippen LogP contribution in [0.25, 0.3) is 0 Å². The molecule has 0 saturated heterocycles. The van der Waals surface area contributed by atoms with E-state index in [1.807, 2.05) is 0 Å². The van der Waals surface area contributed by atoms with Crippen LogP contribution in [-0.2, 0) is 0 Å². The van der Waals surface area contributed by atoms with E-state index in [-0.39, 0.29) is 18.6 Å².